The Hall–Kier alpha value is -2.01. The maximum Gasteiger partial charge on any atom is 0.161 e. The van der Waals surface area contributed by atoms with Gasteiger partial charge in [-0.1, -0.05) is 13.0 Å². The Labute approximate surface area is 124 Å². The fraction of sp³-hybridized carbons (Fsp3) is 0.438. The van der Waals surface area contributed by atoms with Crippen molar-refractivity contribution in [1.29, 1.82) is 0 Å². The van der Waals surface area contributed by atoms with Gasteiger partial charge in [0.1, 0.15) is 13.2 Å². The number of hydrogen-bond donors (Lipinski definition) is 1. The van der Waals surface area contributed by atoms with Gasteiger partial charge in [0.15, 0.2) is 11.5 Å². The lowest BCUT2D eigenvalue weighted by molar-refractivity contribution is 0.171. The molecule has 3 rings (SSSR count). The van der Waals surface area contributed by atoms with Gasteiger partial charge in [-0.2, -0.15) is 5.10 Å². The molecule has 0 aliphatic carbocycles. The zero-order valence-electron chi connectivity index (χ0n) is 12.5. The maximum absolute atomic E-state index is 6.34. The van der Waals surface area contributed by atoms with Crippen molar-refractivity contribution in [3.63, 3.8) is 0 Å². The molecule has 5 nitrogen and oxygen atoms in total. The minimum absolute atomic E-state index is 0.0825. The Bertz CT molecular complexity index is 636. The van der Waals surface area contributed by atoms with Crippen molar-refractivity contribution in [2.45, 2.75) is 25.8 Å². The first-order valence-electron chi connectivity index (χ1n) is 7.34. The zero-order chi connectivity index (χ0) is 14.8. The fourth-order valence-electron chi connectivity index (χ4n) is 2.57. The third kappa shape index (κ3) is 2.88. The summed E-state index contributed by atoms with van der Waals surface area (Å²) in [4.78, 5) is 0. The second-order valence-electron chi connectivity index (χ2n) is 5.32. The topological polar surface area (TPSA) is 62.3 Å². The highest BCUT2D eigenvalue weighted by Crippen LogP contribution is 2.32. The highest BCUT2D eigenvalue weighted by molar-refractivity contribution is 5.44. The molecule has 21 heavy (non-hydrogen) atoms. The molecule has 2 heterocycles. The summed E-state index contributed by atoms with van der Waals surface area (Å²) in [6.07, 6.45) is 1.69. The van der Waals surface area contributed by atoms with Crippen molar-refractivity contribution in [3.8, 4) is 11.5 Å². The second kappa shape index (κ2) is 5.77. The maximum atomic E-state index is 6.34. The third-order valence-corrected chi connectivity index (χ3v) is 3.81. The number of aryl methyl sites for hydroxylation is 2. The van der Waals surface area contributed by atoms with Crippen molar-refractivity contribution in [2.24, 2.45) is 12.8 Å². The van der Waals surface area contributed by atoms with E-state index in [1.54, 1.807) is 0 Å². The van der Waals surface area contributed by atoms with E-state index in [1.807, 2.05) is 29.9 Å². The quantitative estimate of drug-likeness (QED) is 0.934. The minimum Gasteiger partial charge on any atom is -0.486 e. The average molecular weight is 287 g/mol. The van der Waals surface area contributed by atoms with E-state index >= 15 is 0 Å². The van der Waals surface area contributed by atoms with Crippen molar-refractivity contribution in [2.75, 3.05) is 13.2 Å². The number of rotatable bonds is 4. The molecule has 1 aromatic heterocycles. The molecule has 5 heteroatoms. The molecular weight excluding hydrogens is 266 g/mol. The summed E-state index contributed by atoms with van der Waals surface area (Å²) in [7, 11) is 1.96. The summed E-state index contributed by atoms with van der Waals surface area (Å²) in [6, 6.07) is 7.97. The van der Waals surface area contributed by atoms with Crippen LogP contribution in [0.3, 0.4) is 0 Å². The van der Waals surface area contributed by atoms with Gasteiger partial charge in [0.25, 0.3) is 0 Å². The van der Waals surface area contributed by atoms with Crippen LogP contribution in [0.5, 0.6) is 11.5 Å². The molecule has 0 saturated heterocycles. The van der Waals surface area contributed by atoms with Crippen LogP contribution < -0.4 is 15.2 Å². The van der Waals surface area contributed by atoms with E-state index in [0.29, 0.717) is 13.2 Å². The smallest absolute Gasteiger partial charge is 0.161 e. The Balaban J connectivity index is 1.78. The number of nitrogens with zero attached hydrogens (tertiary/aromatic N) is 2. The van der Waals surface area contributed by atoms with Crippen LogP contribution >= 0.6 is 0 Å². The van der Waals surface area contributed by atoms with Crippen molar-refractivity contribution < 1.29 is 9.47 Å². The lowest BCUT2D eigenvalue weighted by Gasteiger charge is -2.20. The molecule has 1 aromatic carbocycles. The van der Waals surface area contributed by atoms with Crippen molar-refractivity contribution in [1.82, 2.24) is 9.78 Å². The molecule has 1 aliphatic rings. The summed E-state index contributed by atoms with van der Waals surface area (Å²) in [5, 5.41) is 4.46. The van der Waals surface area contributed by atoms with E-state index in [9.17, 15) is 0 Å². The van der Waals surface area contributed by atoms with Gasteiger partial charge in [-0.3, -0.25) is 4.68 Å². The van der Waals surface area contributed by atoms with Crippen LogP contribution in [0.2, 0.25) is 0 Å². The van der Waals surface area contributed by atoms with Crippen molar-refractivity contribution >= 4 is 0 Å². The van der Waals surface area contributed by atoms with Gasteiger partial charge in [-0.05, 0) is 30.2 Å². The van der Waals surface area contributed by atoms with E-state index in [-0.39, 0.29) is 6.04 Å². The van der Waals surface area contributed by atoms with Gasteiger partial charge in [-0.25, -0.2) is 0 Å². The fourth-order valence-corrected chi connectivity index (χ4v) is 2.57. The van der Waals surface area contributed by atoms with Gasteiger partial charge in [0, 0.05) is 25.2 Å². The highest BCUT2D eigenvalue weighted by atomic mass is 16.6. The summed E-state index contributed by atoms with van der Waals surface area (Å²) in [5.74, 6) is 1.58. The molecule has 0 bridgehead atoms. The van der Waals surface area contributed by atoms with E-state index in [1.165, 1.54) is 0 Å². The standard InChI is InChI=1S/C16H21N3O2/c1-3-12-9-13(19(2)18-12)10-14(17)11-4-5-15-16(8-11)21-7-6-20-15/h4-5,8-9,14H,3,6-7,10,17H2,1-2H3. The number of nitrogens with two attached hydrogens (primary N) is 1. The largest absolute Gasteiger partial charge is 0.486 e. The van der Waals surface area contributed by atoms with Gasteiger partial charge in [0.2, 0.25) is 0 Å². The summed E-state index contributed by atoms with van der Waals surface area (Å²) >= 11 is 0. The molecule has 2 aromatic rings. The molecule has 0 radical (unpaired) electrons. The lowest BCUT2D eigenvalue weighted by Crippen LogP contribution is -2.18. The Kier molecular flexibility index (Phi) is 3.84. The summed E-state index contributed by atoms with van der Waals surface area (Å²) < 4.78 is 13.1. The average Bonchev–Trinajstić information content (AvgIpc) is 2.87. The lowest BCUT2D eigenvalue weighted by atomic mass is 10.0. The zero-order valence-corrected chi connectivity index (χ0v) is 12.5. The molecular formula is C16H21N3O2. The van der Waals surface area contributed by atoms with Gasteiger partial charge < -0.3 is 15.2 Å². The molecule has 1 atom stereocenters. The van der Waals surface area contributed by atoms with Crippen LogP contribution in [0, 0.1) is 0 Å². The summed E-state index contributed by atoms with van der Waals surface area (Å²) in [6.45, 7) is 3.30. The molecule has 112 valence electrons. The number of benzene rings is 1. The minimum atomic E-state index is -0.0825. The molecule has 0 spiro atoms. The SMILES string of the molecule is CCc1cc(CC(N)c2ccc3c(c2)OCCO3)n(C)n1. The first-order valence-corrected chi connectivity index (χ1v) is 7.34. The second-order valence-corrected chi connectivity index (χ2v) is 5.32. The van der Waals surface area contributed by atoms with E-state index in [0.717, 1.165) is 41.3 Å². The number of aromatic nitrogens is 2. The van der Waals surface area contributed by atoms with Crippen LogP contribution in [0.15, 0.2) is 24.3 Å². The van der Waals surface area contributed by atoms with Gasteiger partial charge >= 0.3 is 0 Å². The third-order valence-electron chi connectivity index (χ3n) is 3.81. The monoisotopic (exact) mass is 287 g/mol. The van der Waals surface area contributed by atoms with E-state index in [2.05, 4.69) is 18.1 Å². The van der Waals surface area contributed by atoms with E-state index in [4.69, 9.17) is 15.2 Å². The highest BCUT2D eigenvalue weighted by Gasteiger charge is 2.16. The van der Waals surface area contributed by atoms with Crippen LogP contribution in [0.4, 0.5) is 0 Å². The normalized spacial score (nSPS) is 15.0. The molecule has 0 amide bonds. The van der Waals surface area contributed by atoms with Crippen LogP contribution in [0.1, 0.15) is 29.9 Å². The Morgan fingerprint density at radius 2 is 2.00 bits per heavy atom. The van der Waals surface area contributed by atoms with Crippen LogP contribution in [-0.2, 0) is 19.9 Å². The van der Waals surface area contributed by atoms with Crippen molar-refractivity contribution in [3.05, 3.63) is 41.2 Å². The molecule has 0 saturated carbocycles. The first-order chi connectivity index (χ1) is 10.2. The number of hydrogen-bond acceptors (Lipinski definition) is 4. The van der Waals surface area contributed by atoms with Gasteiger partial charge in [-0.15, -0.1) is 0 Å². The number of fused-ring (bicyclic) bond motifs is 1. The van der Waals surface area contributed by atoms with Crippen LogP contribution in [0.25, 0.3) is 0 Å². The predicted octanol–water partition coefficient (Wildman–Crippen LogP) is 2.00. The number of ether oxygens (including phenoxy) is 2. The molecule has 0 fully saturated rings. The van der Waals surface area contributed by atoms with E-state index < -0.39 is 0 Å². The van der Waals surface area contributed by atoms with Gasteiger partial charge in [0.05, 0.1) is 5.69 Å². The van der Waals surface area contributed by atoms with Crippen LogP contribution in [-0.4, -0.2) is 23.0 Å². The predicted molar refractivity (Wildman–Crippen MR) is 80.7 cm³/mol. The Morgan fingerprint density at radius 1 is 1.24 bits per heavy atom. The Morgan fingerprint density at radius 3 is 2.71 bits per heavy atom. The molecule has 1 aliphatic heterocycles. The molecule has 1 unspecified atom stereocenters. The summed E-state index contributed by atoms with van der Waals surface area (Å²) in [5.41, 5.74) is 9.64. The first kappa shape index (κ1) is 13.9. The molecule has 2 N–H and O–H groups in total.